The minimum absolute atomic E-state index is 0. The average Bonchev–Trinajstić information content (AvgIpc) is 2.45. The van der Waals surface area contributed by atoms with E-state index in [1.807, 2.05) is 18.7 Å². The highest BCUT2D eigenvalue weighted by Gasteiger charge is 2.27. The maximum Gasteiger partial charge on any atom is 0.222 e. The molecule has 0 aromatic rings. The Morgan fingerprint density at radius 3 is 2.55 bits per heavy atom. The molecule has 1 fully saturated rings. The topological polar surface area (TPSA) is 58.8 Å². The SMILES string of the molecule is CCOCCN1CCN(C(=O)CCC(C)N)CC1CC.Cl.Cl. The molecule has 1 rings (SSSR count). The van der Waals surface area contributed by atoms with Crippen LogP contribution in [-0.4, -0.2) is 67.2 Å². The van der Waals surface area contributed by atoms with Crippen molar-refractivity contribution in [1.29, 1.82) is 0 Å². The van der Waals surface area contributed by atoms with Crippen LogP contribution < -0.4 is 5.73 Å². The molecule has 0 spiro atoms. The maximum atomic E-state index is 12.2. The lowest BCUT2D eigenvalue weighted by atomic mass is 10.1. The second kappa shape index (κ2) is 13.4. The smallest absolute Gasteiger partial charge is 0.222 e. The number of nitrogens with two attached hydrogens (primary N) is 1. The number of hydrogen-bond acceptors (Lipinski definition) is 4. The van der Waals surface area contributed by atoms with Crippen molar-refractivity contribution in [3.05, 3.63) is 0 Å². The van der Waals surface area contributed by atoms with Crippen molar-refractivity contribution in [1.82, 2.24) is 9.80 Å². The van der Waals surface area contributed by atoms with Crippen molar-refractivity contribution >= 4 is 30.7 Å². The third kappa shape index (κ3) is 8.53. The van der Waals surface area contributed by atoms with Gasteiger partial charge in [0.25, 0.3) is 0 Å². The van der Waals surface area contributed by atoms with Crippen molar-refractivity contribution in [2.45, 2.75) is 52.1 Å². The van der Waals surface area contributed by atoms with Crippen molar-refractivity contribution in [3.8, 4) is 0 Å². The van der Waals surface area contributed by atoms with Gasteiger partial charge in [0.2, 0.25) is 5.91 Å². The zero-order valence-corrected chi connectivity index (χ0v) is 15.8. The van der Waals surface area contributed by atoms with Gasteiger partial charge < -0.3 is 15.4 Å². The Morgan fingerprint density at radius 2 is 2.00 bits per heavy atom. The number of carbonyl (C=O) groups excluding carboxylic acids is 1. The molecule has 0 aromatic carbocycles. The fraction of sp³-hybridized carbons (Fsp3) is 0.933. The third-order valence-corrected chi connectivity index (χ3v) is 3.97. The first-order valence-electron chi connectivity index (χ1n) is 7.93. The normalized spacial score (nSPS) is 20.0. The Kier molecular flexibility index (Phi) is 14.7. The molecule has 7 heteroatoms. The van der Waals surface area contributed by atoms with Gasteiger partial charge >= 0.3 is 0 Å². The molecular weight excluding hydrogens is 325 g/mol. The molecule has 1 saturated heterocycles. The fourth-order valence-corrected chi connectivity index (χ4v) is 2.64. The highest BCUT2D eigenvalue weighted by molar-refractivity contribution is 5.85. The number of carbonyl (C=O) groups is 1. The second-order valence-electron chi connectivity index (χ2n) is 5.65. The van der Waals surface area contributed by atoms with E-state index in [1.54, 1.807) is 0 Å². The quantitative estimate of drug-likeness (QED) is 0.674. The van der Waals surface area contributed by atoms with Crippen LogP contribution in [0.5, 0.6) is 0 Å². The van der Waals surface area contributed by atoms with E-state index in [9.17, 15) is 4.79 Å². The van der Waals surface area contributed by atoms with Gasteiger partial charge in [0.15, 0.2) is 0 Å². The summed E-state index contributed by atoms with van der Waals surface area (Å²) >= 11 is 0. The molecule has 1 aliphatic heterocycles. The lowest BCUT2D eigenvalue weighted by Crippen LogP contribution is -2.55. The van der Waals surface area contributed by atoms with E-state index in [4.69, 9.17) is 10.5 Å². The summed E-state index contributed by atoms with van der Waals surface area (Å²) in [4.78, 5) is 16.6. The lowest BCUT2D eigenvalue weighted by molar-refractivity contribution is -0.134. The first kappa shape index (κ1) is 24.2. The maximum absolute atomic E-state index is 12.2. The van der Waals surface area contributed by atoms with Crippen molar-refractivity contribution in [3.63, 3.8) is 0 Å². The molecule has 0 bridgehead atoms. The molecule has 134 valence electrons. The highest BCUT2D eigenvalue weighted by Crippen LogP contribution is 2.14. The number of amides is 1. The predicted molar refractivity (Wildman–Crippen MR) is 96.1 cm³/mol. The van der Waals surface area contributed by atoms with E-state index in [0.717, 1.165) is 52.2 Å². The number of rotatable bonds is 8. The van der Waals surface area contributed by atoms with Gasteiger partial charge in [-0.3, -0.25) is 9.69 Å². The lowest BCUT2D eigenvalue weighted by Gasteiger charge is -2.41. The number of ether oxygens (including phenoxy) is 1. The Balaban J connectivity index is 0. The Hall–Kier alpha value is -0.0700. The summed E-state index contributed by atoms with van der Waals surface area (Å²) < 4.78 is 5.43. The molecule has 22 heavy (non-hydrogen) atoms. The van der Waals surface area contributed by atoms with Gasteiger partial charge in [-0.2, -0.15) is 0 Å². The summed E-state index contributed by atoms with van der Waals surface area (Å²) in [7, 11) is 0. The van der Waals surface area contributed by atoms with E-state index >= 15 is 0 Å². The number of halogens is 2. The molecule has 2 unspecified atom stereocenters. The summed E-state index contributed by atoms with van der Waals surface area (Å²) in [5, 5.41) is 0. The van der Waals surface area contributed by atoms with Gasteiger partial charge in [-0.05, 0) is 26.7 Å². The molecule has 2 N–H and O–H groups in total. The number of hydrogen-bond donors (Lipinski definition) is 1. The van der Waals surface area contributed by atoms with Crippen LogP contribution >= 0.6 is 24.8 Å². The molecular formula is C15H33Cl2N3O2. The molecule has 0 aliphatic carbocycles. The number of piperazine rings is 1. The monoisotopic (exact) mass is 357 g/mol. The van der Waals surface area contributed by atoms with Gasteiger partial charge in [0.1, 0.15) is 0 Å². The minimum Gasteiger partial charge on any atom is -0.380 e. The highest BCUT2D eigenvalue weighted by atomic mass is 35.5. The first-order chi connectivity index (χ1) is 9.58. The molecule has 0 saturated carbocycles. The van der Waals surface area contributed by atoms with E-state index in [1.165, 1.54) is 0 Å². The summed E-state index contributed by atoms with van der Waals surface area (Å²) in [6.07, 6.45) is 2.43. The van der Waals surface area contributed by atoms with E-state index in [-0.39, 0.29) is 36.8 Å². The van der Waals surface area contributed by atoms with Crippen LogP contribution in [0.25, 0.3) is 0 Å². The summed E-state index contributed by atoms with van der Waals surface area (Å²) in [5.41, 5.74) is 5.72. The Morgan fingerprint density at radius 1 is 1.32 bits per heavy atom. The van der Waals surface area contributed by atoms with Crippen LogP contribution in [0.3, 0.4) is 0 Å². The van der Waals surface area contributed by atoms with Gasteiger partial charge in [-0.1, -0.05) is 6.92 Å². The third-order valence-electron chi connectivity index (χ3n) is 3.97. The van der Waals surface area contributed by atoms with Crippen LogP contribution in [0.2, 0.25) is 0 Å². The Bertz CT molecular complexity index is 294. The molecule has 1 aliphatic rings. The summed E-state index contributed by atoms with van der Waals surface area (Å²) in [6.45, 7) is 11.3. The van der Waals surface area contributed by atoms with Crippen molar-refractivity contribution < 1.29 is 9.53 Å². The average molecular weight is 358 g/mol. The van der Waals surface area contributed by atoms with Crippen molar-refractivity contribution in [2.75, 3.05) is 39.4 Å². The molecule has 5 nitrogen and oxygen atoms in total. The van der Waals surface area contributed by atoms with E-state index < -0.39 is 0 Å². The second-order valence-corrected chi connectivity index (χ2v) is 5.65. The first-order valence-corrected chi connectivity index (χ1v) is 7.93. The van der Waals surface area contributed by atoms with E-state index in [2.05, 4.69) is 11.8 Å². The fourth-order valence-electron chi connectivity index (χ4n) is 2.64. The molecule has 1 heterocycles. The minimum atomic E-state index is 0. The van der Waals surface area contributed by atoms with Crippen LogP contribution in [0.15, 0.2) is 0 Å². The molecule has 2 atom stereocenters. The molecule has 1 amide bonds. The zero-order valence-electron chi connectivity index (χ0n) is 14.1. The summed E-state index contributed by atoms with van der Waals surface area (Å²) in [6, 6.07) is 0.567. The largest absolute Gasteiger partial charge is 0.380 e. The predicted octanol–water partition coefficient (Wildman–Crippen LogP) is 1.92. The van der Waals surface area contributed by atoms with E-state index in [0.29, 0.717) is 12.5 Å². The van der Waals surface area contributed by atoms with Gasteiger partial charge in [-0.15, -0.1) is 24.8 Å². The number of nitrogens with zero attached hydrogens (tertiary/aromatic N) is 2. The standard InChI is InChI=1S/C15H31N3O2.2ClH/c1-4-14-12-18(15(19)7-6-13(3)16)9-8-17(14)10-11-20-5-2;;/h13-14H,4-12,16H2,1-3H3;2*1H. The van der Waals surface area contributed by atoms with Crippen molar-refractivity contribution in [2.24, 2.45) is 5.73 Å². The summed E-state index contributed by atoms with van der Waals surface area (Å²) in [5.74, 6) is 0.255. The van der Waals surface area contributed by atoms with Crippen LogP contribution in [0, 0.1) is 0 Å². The van der Waals surface area contributed by atoms with Gasteiger partial charge in [-0.25, -0.2) is 0 Å². The van der Waals surface area contributed by atoms with Gasteiger partial charge in [0.05, 0.1) is 6.61 Å². The van der Waals surface area contributed by atoms with Crippen LogP contribution in [0.1, 0.15) is 40.0 Å². The molecule has 0 radical (unpaired) electrons. The zero-order chi connectivity index (χ0) is 15.0. The molecule has 0 aromatic heterocycles. The van der Waals surface area contributed by atoms with Crippen LogP contribution in [-0.2, 0) is 9.53 Å². The van der Waals surface area contributed by atoms with Crippen LogP contribution in [0.4, 0.5) is 0 Å². The Labute approximate surface area is 147 Å². The van der Waals surface area contributed by atoms with Gasteiger partial charge in [0, 0.05) is 51.3 Å².